The number of anilines is 2. The summed E-state index contributed by atoms with van der Waals surface area (Å²) in [7, 11) is -11.0. The Morgan fingerprint density at radius 1 is 0.954 bits per heavy atom. The third-order valence-electron chi connectivity index (χ3n) is 11.9. The van der Waals surface area contributed by atoms with Gasteiger partial charge in [-0.05, 0) is 111 Å². The Labute approximate surface area is 384 Å². The van der Waals surface area contributed by atoms with Gasteiger partial charge in [-0.25, -0.2) is 30.3 Å². The van der Waals surface area contributed by atoms with Crippen LogP contribution in [-0.2, 0) is 19.9 Å². The van der Waals surface area contributed by atoms with Crippen LogP contribution in [0, 0.1) is 5.41 Å². The predicted octanol–water partition coefficient (Wildman–Crippen LogP) is 8.61. The van der Waals surface area contributed by atoms with Gasteiger partial charge in [0.25, 0.3) is 32.2 Å². The van der Waals surface area contributed by atoms with Crippen LogP contribution in [0.4, 0.5) is 33.3 Å². The van der Waals surface area contributed by atoms with Gasteiger partial charge in [-0.15, -0.1) is 11.8 Å². The number of hydrogen-bond donors (Lipinski definition) is 3. The second-order valence-corrected chi connectivity index (χ2v) is 22.0. The molecule has 0 unspecified atom stereocenters. The van der Waals surface area contributed by atoms with Crippen molar-refractivity contribution >= 4 is 48.9 Å². The number of carbonyl (C=O) groups is 1. The maximum Gasteiger partial charge on any atom is 0.501 e. The Morgan fingerprint density at radius 3 is 2.25 bits per heavy atom. The number of allylic oxidation sites excluding steroid dienone is 2. The molecule has 0 saturated carbocycles. The van der Waals surface area contributed by atoms with E-state index in [9.17, 15) is 48.7 Å². The molecule has 3 aromatic rings. The molecule has 0 radical (unpaired) electrons. The number of nitrogens with zero attached hydrogens (tertiary/aromatic N) is 3. The maximum absolute atomic E-state index is 14.1. The number of thioether (sulfide) groups is 1. The lowest BCUT2D eigenvalue weighted by Gasteiger charge is -2.39. The lowest BCUT2D eigenvalue weighted by molar-refractivity contribution is -0.0435. The number of nitrogens with one attached hydrogen (secondary N) is 2. The molecular formula is C46H60F5N5O6S3. The summed E-state index contributed by atoms with van der Waals surface area (Å²) in [6, 6.07) is 17.1. The van der Waals surface area contributed by atoms with Gasteiger partial charge < -0.3 is 20.2 Å². The molecule has 1 atom stereocenters. The van der Waals surface area contributed by atoms with Gasteiger partial charge in [0.1, 0.15) is 4.90 Å². The fourth-order valence-corrected chi connectivity index (χ4v) is 11.0. The summed E-state index contributed by atoms with van der Waals surface area (Å²) in [6.07, 6.45) is 1.47. The summed E-state index contributed by atoms with van der Waals surface area (Å²) in [4.78, 5) is 18.4. The molecule has 3 aromatic carbocycles. The van der Waals surface area contributed by atoms with Crippen molar-refractivity contribution in [3.8, 4) is 0 Å². The van der Waals surface area contributed by atoms with Crippen LogP contribution in [-0.4, -0.2) is 120 Å². The van der Waals surface area contributed by atoms with Crippen LogP contribution in [0.2, 0.25) is 0 Å². The molecule has 0 bridgehead atoms. The van der Waals surface area contributed by atoms with Crippen LogP contribution >= 0.6 is 11.8 Å². The van der Waals surface area contributed by atoms with Crippen molar-refractivity contribution < 1.29 is 48.7 Å². The van der Waals surface area contributed by atoms with Gasteiger partial charge in [0.15, 0.2) is 0 Å². The van der Waals surface area contributed by atoms with E-state index < -0.39 is 59.2 Å². The van der Waals surface area contributed by atoms with E-state index in [-0.39, 0.29) is 29.6 Å². The fourth-order valence-electron chi connectivity index (χ4n) is 8.01. The molecule has 19 heteroatoms. The Bertz CT molecular complexity index is 2340. The quantitative estimate of drug-likeness (QED) is 0.0507. The minimum atomic E-state index is -6.09. The molecule has 3 N–H and O–H groups in total. The molecule has 1 heterocycles. The summed E-state index contributed by atoms with van der Waals surface area (Å²) in [5.74, 6) is -0.761. The summed E-state index contributed by atoms with van der Waals surface area (Å²) in [5.41, 5.74) is -2.88. The largest absolute Gasteiger partial charge is 0.501 e. The molecular weight excluding hydrogens is 910 g/mol. The number of benzene rings is 3. The number of sulfone groups is 1. The highest BCUT2D eigenvalue weighted by Gasteiger charge is 2.48. The van der Waals surface area contributed by atoms with Crippen molar-refractivity contribution in [2.45, 2.75) is 92.0 Å². The molecule has 1 aliphatic heterocycles. The topological polar surface area (TPSA) is 139 Å². The number of amides is 1. The van der Waals surface area contributed by atoms with Gasteiger partial charge in [0.05, 0.1) is 17.2 Å². The van der Waals surface area contributed by atoms with Gasteiger partial charge in [-0.1, -0.05) is 56.7 Å². The molecule has 0 spiro atoms. The standard InChI is InChI=1S/C46H60F5N5O6S3/c1-5-54(27-28-57)22-20-37(32-63-39-9-7-6-8-10-39)52-41-18-17-40(29-42(41)64(59,60)46(49,50)51)65(61,62)53-44(58)34-13-15-38(16-14-34)56-25-23-55(24-26-56)31-36-19-21-45(3,4)30-35(36)12-11-33(2)43(47)48/h6-10,13-18,29,37,43,52,57H,2,5,11-12,19-28,30-32H2,1,3-4H3,(H,53,58)/t37-/m1/s1. The number of rotatable bonds is 22. The van der Waals surface area contributed by atoms with E-state index in [0.29, 0.717) is 57.4 Å². The number of aliphatic hydroxyl groups excluding tert-OH is 1. The maximum atomic E-state index is 14.1. The van der Waals surface area contributed by atoms with Crippen LogP contribution in [0.5, 0.6) is 0 Å². The normalized spacial score (nSPS) is 16.8. The molecule has 358 valence electrons. The number of hydrogen-bond acceptors (Lipinski definition) is 11. The predicted molar refractivity (Wildman–Crippen MR) is 247 cm³/mol. The molecule has 1 amide bonds. The first-order valence-electron chi connectivity index (χ1n) is 21.7. The zero-order chi connectivity index (χ0) is 47.6. The fraction of sp³-hybridized carbons (Fsp3) is 0.500. The summed E-state index contributed by atoms with van der Waals surface area (Å²) < 4.78 is 124. The number of piperazine rings is 1. The van der Waals surface area contributed by atoms with Crippen LogP contribution in [0.1, 0.15) is 69.7 Å². The summed E-state index contributed by atoms with van der Waals surface area (Å²) >= 11 is 1.40. The molecule has 5 rings (SSSR count). The highest BCUT2D eigenvalue weighted by molar-refractivity contribution is 7.99. The van der Waals surface area contributed by atoms with Gasteiger partial charge in [0.2, 0.25) is 0 Å². The van der Waals surface area contributed by atoms with Gasteiger partial charge in [-0.2, -0.15) is 13.2 Å². The van der Waals surface area contributed by atoms with Crippen molar-refractivity contribution in [3.63, 3.8) is 0 Å². The Hall–Kier alpha value is -4.01. The van der Waals surface area contributed by atoms with Gasteiger partial charge in [-0.3, -0.25) is 9.69 Å². The molecule has 1 fully saturated rings. The van der Waals surface area contributed by atoms with E-state index in [2.05, 4.69) is 35.5 Å². The lowest BCUT2D eigenvalue weighted by Crippen LogP contribution is -2.47. The minimum Gasteiger partial charge on any atom is -0.395 e. The Balaban J connectivity index is 1.27. The molecule has 2 aliphatic rings. The van der Waals surface area contributed by atoms with E-state index in [1.165, 1.54) is 35.0 Å². The SMILES string of the molecule is C=C(CCC1=C(CN2CCN(c3ccc(C(=O)NS(=O)(=O)c4ccc(N[C@H](CCN(CC)CCO)CSc5ccccc5)c(S(=O)(=O)C(F)(F)F)c4)cc3)CC2)CCC(C)(C)C1)C(F)F. The second kappa shape index (κ2) is 22.7. The number of halogens is 5. The number of alkyl halides is 5. The number of likely N-dealkylation sites (N-methyl/N-ethyl adjacent to an activating group) is 1. The van der Waals surface area contributed by atoms with Crippen molar-refractivity contribution in [2.24, 2.45) is 5.41 Å². The van der Waals surface area contributed by atoms with E-state index >= 15 is 0 Å². The molecule has 0 aromatic heterocycles. The van der Waals surface area contributed by atoms with E-state index in [0.717, 1.165) is 61.6 Å². The zero-order valence-electron chi connectivity index (χ0n) is 37.0. The first-order chi connectivity index (χ1) is 30.6. The monoisotopic (exact) mass is 969 g/mol. The molecule has 65 heavy (non-hydrogen) atoms. The highest BCUT2D eigenvalue weighted by Crippen LogP contribution is 2.41. The van der Waals surface area contributed by atoms with Gasteiger partial charge >= 0.3 is 5.51 Å². The van der Waals surface area contributed by atoms with E-state index in [1.807, 2.05) is 46.9 Å². The highest BCUT2D eigenvalue weighted by atomic mass is 32.2. The average molecular weight is 970 g/mol. The van der Waals surface area contributed by atoms with Crippen LogP contribution in [0.3, 0.4) is 0 Å². The zero-order valence-corrected chi connectivity index (χ0v) is 39.5. The smallest absolute Gasteiger partial charge is 0.395 e. The minimum absolute atomic E-state index is 0.0432. The van der Waals surface area contributed by atoms with Crippen molar-refractivity contribution in [3.05, 3.63) is 102 Å². The first kappa shape index (κ1) is 52.0. The summed E-state index contributed by atoms with van der Waals surface area (Å²) in [6.45, 7) is 14.7. The average Bonchev–Trinajstić information content (AvgIpc) is 3.26. The second-order valence-electron chi connectivity index (χ2n) is 17.3. The third kappa shape index (κ3) is 14.5. The lowest BCUT2D eigenvalue weighted by atomic mass is 9.73. The van der Waals surface area contributed by atoms with Crippen LogP contribution in [0.15, 0.2) is 111 Å². The van der Waals surface area contributed by atoms with Crippen LogP contribution in [0.25, 0.3) is 0 Å². The summed E-state index contributed by atoms with van der Waals surface area (Å²) in [5, 5.41) is 12.4. The molecule has 11 nitrogen and oxygen atoms in total. The molecule has 1 saturated heterocycles. The number of sulfonamides is 1. The van der Waals surface area contributed by atoms with Crippen molar-refractivity contribution in [1.29, 1.82) is 0 Å². The third-order valence-corrected chi connectivity index (χ3v) is 16.0. The number of aliphatic hydroxyl groups is 1. The van der Waals surface area contributed by atoms with Gasteiger partial charge in [0, 0.05) is 73.8 Å². The Morgan fingerprint density at radius 2 is 1.63 bits per heavy atom. The first-order valence-corrected chi connectivity index (χ1v) is 25.6. The Kier molecular flexibility index (Phi) is 18.1. The number of carbonyl (C=O) groups excluding carboxylic acids is 1. The van der Waals surface area contributed by atoms with E-state index in [1.54, 1.807) is 12.1 Å². The van der Waals surface area contributed by atoms with Crippen molar-refractivity contribution in [2.75, 3.05) is 74.9 Å². The molecule has 1 aliphatic carbocycles. The van der Waals surface area contributed by atoms with Crippen molar-refractivity contribution in [1.82, 2.24) is 14.5 Å². The van der Waals surface area contributed by atoms with Crippen LogP contribution < -0.4 is 14.9 Å². The van der Waals surface area contributed by atoms with E-state index in [4.69, 9.17) is 0 Å².